The molecule has 0 spiro atoms. The third-order valence-electron chi connectivity index (χ3n) is 3.25. The standard InChI is InChI=1S/C8H19NO6P2S/c10-16(11,12)8(17(13,14)15)3-1-4-9(7-8)5-2-6-18/h18H,1-7H2,(H2,10,11,12)(H2,13,14,15). The molecule has 1 aliphatic heterocycles. The fourth-order valence-electron chi connectivity index (χ4n) is 2.23. The van der Waals surface area contributed by atoms with E-state index in [0.717, 1.165) is 0 Å². The van der Waals surface area contributed by atoms with E-state index in [1.165, 1.54) is 0 Å². The summed E-state index contributed by atoms with van der Waals surface area (Å²) < 4.78 is 23.1. The Morgan fingerprint density at radius 3 is 2.17 bits per heavy atom. The lowest BCUT2D eigenvalue weighted by atomic mass is 10.1. The molecule has 0 aliphatic carbocycles. The van der Waals surface area contributed by atoms with Gasteiger partial charge in [-0.05, 0) is 38.1 Å². The van der Waals surface area contributed by atoms with Gasteiger partial charge in [-0.1, -0.05) is 0 Å². The van der Waals surface area contributed by atoms with Crippen molar-refractivity contribution in [3.05, 3.63) is 0 Å². The highest BCUT2D eigenvalue weighted by Gasteiger charge is 2.61. The molecule has 108 valence electrons. The molecule has 4 N–H and O–H groups in total. The Kier molecular flexibility index (Phi) is 5.49. The second-order valence-electron chi connectivity index (χ2n) is 4.53. The molecule has 1 saturated heterocycles. The molecule has 0 amide bonds. The zero-order chi connectivity index (χ0) is 14.0. The minimum atomic E-state index is -4.89. The maximum atomic E-state index is 11.5. The third kappa shape index (κ3) is 3.38. The van der Waals surface area contributed by atoms with Crippen LogP contribution in [0.15, 0.2) is 0 Å². The molecule has 0 aromatic heterocycles. The molecule has 0 aromatic rings. The maximum absolute atomic E-state index is 11.5. The first kappa shape index (κ1) is 16.7. The smallest absolute Gasteiger partial charge is 0.324 e. The van der Waals surface area contributed by atoms with Gasteiger partial charge in [-0.15, -0.1) is 0 Å². The molecule has 7 nitrogen and oxygen atoms in total. The van der Waals surface area contributed by atoms with Crippen molar-refractivity contribution in [1.82, 2.24) is 4.90 Å². The summed E-state index contributed by atoms with van der Waals surface area (Å²) in [5.74, 6) is 0.620. The minimum Gasteiger partial charge on any atom is -0.324 e. The Morgan fingerprint density at radius 2 is 1.72 bits per heavy atom. The summed E-state index contributed by atoms with van der Waals surface area (Å²) in [5.41, 5.74) is 0. The summed E-state index contributed by atoms with van der Waals surface area (Å²) in [7, 11) is -9.77. The van der Waals surface area contributed by atoms with Gasteiger partial charge in [0, 0.05) is 6.54 Å². The number of piperidine rings is 1. The summed E-state index contributed by atoms with van der Waals surface area (Å²) in [6.45, 7) is 0.857. The van der Waals surface area contributed by atoms with Gasteiger partial charge in [-0.25, -0.2) is 0 Å². The molecule has 1 fully saturated rings. The molecule has 1 heterocycles. The summed E-state index contributed by atoms with van der Waals surface area (Å²) in [4.78, 5) is 36.8. The van der Waals surface area contributed by atoms with E-state index in [1.54, 1.807) is 4.90 Å². The van der Waals surface area contributed by atoms with Crippen molar-refractivity contribution in [2.24, 2.45) is 0 Å². The van der Waals surface area contributed by atoms with Crippen molar-refractivity contribution in [2.75, 3.05) is 25.4 Å². The lowest BCUT2D eigenvalue weighted by molar-refractivity contribution is 0.182. The number of nitrogens with zero attached hydrogens (tertiary/aromatic N) is 1. The minimum absolute atomic E-state index is 0.154. The average Bonchev–Trinajstić information content (AvgIpc) is 2.23. The van der Waals surface area contributed by atoms with Gasteiger partial charge in [-0.3, -0.25) is 9.13 Å². The Bertz CT molecular complexity index is 358. The van der Waals surface area contributed by atoms with Crippen LogP contribution in [0.25, 0.3) is 0 Å². The summed E-state index contributed by atoms with van der Waals surface area (Å²) in [6, 6.07) is 0. The predicted octanol–water partition coefficient (Wildman–Crippen LogP) is 0.454. The lowest BCUT2D eigenvalue weighted by Gasteiger charge is -2.42. The van der Waals surface area contributed by atoms with Gasteiger partial charge in [0.2, 0.25) is 0 Å². The summed E-state index contributed by atoms with van der Waals surface area (Å²) >= 11 is 4.04. The Hall–Kier alpha value is 0.610. The van der Waals surface area contributed by atoms with Crippen LogP contribution in [0.5, 0.6) is 0 Å². The number of rotatable bonds is 5. The van der Waals surface area contributed by atoms with Crippen LogP contribution in [0.2, 0.25) is 0 Å². The number of hydrogen-bond acceptors (Lipinski definition) is 4. The van der Waals surface area contributed by atoms with Crippen LogP contribution in [0.1, 0.15) is 19.3 Å². The van der Waals surface area contributed by atoms with Gasteiger partial charge in [-0.2, -0.15) is 12.6 Å². The molecule has 0 saturated carbocycles. The fourth-order valence-corrected chi connectivity index (χ4v) is 5.40. The van der Waals surface area contributed by atoms with Crippen LogP contribution in [0, 0.1) is 0 Å². The van der Waals surface area contributed by atoms with Gasteiger partial charge in [0.15, 0.2) is 4.90 Å². The molecule has 10 heteroatoms. The molecular weight excluding hydrogens is 300 g/mol. The highest BCUT2D eigenvalue weighted by atomic mass is 32.1. The molecule has 0 atom stereocenters. The molecule has 0 radical (unpaired) electrons. The van der Waals surface area contributed by atoms with Gasteiger partial charge >= 0.3 is 15.2 Å². The predicted molar refractivity (Wildman–Crippen MR) is 71.0 cm³/mol. The second-order valence-corrected chi connectivity index (χ2v) is 9.22. The summed E-state index contributed by atoms with van der Waals surface area (Å²) in [6.07, 6.45) is 0.920. The van der Waals surface area contributed by atoms with Crippen molar-refractivity contribution in [3.8, 4) is 0 Å². The zero-order valence-corrected chi connectivity index (χ0v) is 12.5. The normalized spacial score (nSPS) is 22.1. The quantitative estimate of drug-likeness (QED) is 0.369. The molecule has 18 heavy (non-hydrogen) atoms. The van der Waals surface area contributed by atoms with Gasteiger partial charge in [0.05, 0.1) is 0 Å². The Morgan fingerprint density at radius 1 is 1.17 bits per heavy atom. The van der Waals surface area contributed by atoms with E-state index in [2.05, 4.69) is 12.6 Å². The highest BCUT2D eigenvalue weighted by Crippen LogP contribution is 2.71. The fraction of sp³-hybridized carbons (Fsp3) is 1.00. The van der Waals surface area contributed by atoms with Gasteiger partial charge < -0.3 is 24.5 Å². The van der Waals surface area contributed by atoms with Crippen molar-refractivity contribution < 1.29 is 28.7 Å². The topological polar surface area (TPSA) is 118 Å². The molecular formula is C8H19NO6P2S. The number of hydrogen-bond donors (Lipinski definition) is 5. The van der Waals surface area contributed by atoms with E-state index < -0.39 is 20.1 Å². The van der Waals surface area contributed by atoms with Crippen molar-refractivity contribution in [2.45, 2.75) is 24.2 Å². The molecule has 0 aromatic carbocycles. The first-order valence-corrected chi connectivity index (χ1v) is 9.44. The van der Waals surface area contributed by atoms with Crippen LogP contribution < -0.4 is 0 Å². The van der Waals surface area contributed by atoms with Crippen molar-refractivity contribution >= 4 is 27.8 Å². The van der Waals surface area contributed by atoms with E-state index in [-0.39, 0.29) is 13.0 Å². The van der Waals surface area contributed by atoms with Crippen LogP contribution in [-0.4, -0.2) is 54.8 Å². The SMILES string of the molecule is O=P(O)(O)C1(P(=O)(O)O)CCCN(CCCS)C1. The van der Waals surface area contributed by atoms with Crippen molar-refractivity contribution in [1.29, 1.82) is 0 Å². The van der Waals surface area contributed by atoms with Gasteiger partial charge in [0.1, 0.15) is 0 Å². The van der Waals surface area contributed by atoms with E-state index in [9.17, 15) is 28.7 Å². The number of thiol groups is 1. The molecule has 0 unspecified atom stereocenters. The monoisotopic (exact) mass is 319 g/mol. The molecule has 1 rings (SSSR count). The van der Waals surface area contributed by atoms with Crippen molar-refractivity contribution in [3.63, 3.8) is 0 Å². The first-order chi connectivity index (χ1) is 8.14. The maximum Gasteiger partial charge on any atom is 0.345 e. The highest BCUT2D eigenvalue weighted by molar-refractivity contribution is 7.80. The molecule has 1 aliphatic rings. The Labute approximate surface area is 111 Å². The van der Waals surface area contributed by atoms with Crippen LogP contribution >= 0.6 is 27.8 Å². The molecule has 0 bridgehead atoms. The van der Waals surface area contributed by atoms with E-state index >= 15 is 0 Å². The largest absolute Gasteiger partial charge is 0.345 e. The number of likely N-dealkylation sites (tertiary alicyclic amines) is 1. The lowest BCUT2D eigenvalue weighted by Crippen LogP contribution is -2.47. The Balaban J connectivity index is 2.99. The average molecular weight is 319 g/mol. The van der Waals surface area contributed by atoms with Crippen LogP contribution in [0.3, 0.4) is 0 Å². The van der Waals surface area contributed by atoms with E-state index in [0.29, 0.717) is 31.7 Å². The summed E-state index contributed by atoms with van der Waals surface area (Å²) in [5, 5.41) is 0. The second kappa shape index (κ2) is 5.94. The third-order valence-corrected chi connectivity index (χ3v) is 8.02. The van der Waals surface area contributed by atoms with E-state index in [4.69, 9.17) is 0 Å². The van der Waals surface area contributed by atoms with Crippen LogP contribution in [-0.2, 0) is 9.13 Å². The van der Waals surface area contributed by atoms with Gasteiger partial charge in [0.25, 0.3) is 0 Å². The van der Waals surface area contributed by atoms with E-state index in [1.807, 2.05) is 0 Å². The zero-order valence-electron chi connectivity index (χ0n) is 9.84. The first-order valence-electron chi connectivity index (χ1n) is 5.58. The van der Waals surface area contributed by atoms with Crippen LogP contribution in [0.4, 0.5) is 0 Å².